The smallest absolute Gasteiger partial charge is 0.377 e. The van der Waals surface area contributed by atoms with Gasteiger partial charge in [0.05, 0.1) is 0 Å². The van der Waals surface area contributed by atoms with Crippen LogP contribution in [0.2, 0.25) is 24.2 Å². The van der Waals surface area contributed by atoms with Gasteiger partial charge in [0.1, 0.15) is 0 Å². The molecule has 0 rings (SSSR count). The van der Waals surface area contributed by atoms with Crippen LogP contribution in [0.1, 0.15) is 25.7 Å². The molecule has 0 amide bonds. The summed E-state index contributed by atoms with van der Waals surface area (Å²) in [5.74, 6) is 4.21. The first-order chi connectivity index (χ1) is 22.6. The lowest BCUT2D eigenvalue weighted by Crippen LogP contribution is -2.42. The van der Waals surface area contributed by atoms with E-state index in [1.807, 2.05) is 72.7 Å². The van der Waals surface area contributed by atoms with Gasteiger partial charge in [0.25, 0.3) is 0 Å². The Hall–Kier alpha value is 2.84. The topological polar surface area (TPSA) is 111 Å². The molecule has 12 nitrogen and oxygen atoms in total. The van der Waals surface area contributed by atoms with E-state index in [2.05, 4.69) is 0 Å². The molecule has 0 aliphatic heterocycles. The Morgan fingerprint density at radius 3 is 0.617 bits per heavy atom. The molecular formula is C24H60O12S7Si4. The third-order valence-electron chi connectivity index (χ3n) is 6.79. The molecule has 0 heterocycles. The van der Waals surface area contributed by atoms with Crippen molar-refractivity contribution >= 4 is 108 Å². The summed E-state index contributed by atoms with van der Waals surface area (Å²) in [5, 5.41) is 0. The van der Waals surface area contributed by atoms with E-state index in [0.29, 0.717) is 0 Å². The van der Waals surface area contributed by atoms with Crippen LogP contribution >= 0.6 is 72.7 Å². The van der Waals surface area contributed by atoms with Crippen molar-refractivity contribution in [3.63, 3.8) is 0 Å². The summed E-state index contributed by atoms with van der Waals surface area (Å²) in [5.41, 5.74) is 0. The van der Waals surface area contributed by atoms with Gasteiger partial charge in [0, 0.05) is 133 Å². The van der Waals surface area contributed by atoms with Crippen molar-refractivity contribution in [3.05, 3.63) is 0 Å². The maximum Gasteiger partial charge on any atom is 0.500 e. The summed E-state index contributed by atoms with van der Waals surface area (Å²) in [6.07, 6.45) is 4.09. The van der Waals surface area contributed by atoms with E-state index in [1.54, 1.807) is 85.3 Å². The van der Waals surface area contributed by atoms with Gasteiger partial charge in [-0.05, 0) is 55.2 Å². The SMILES string of the molecule is CO[Si](CCCSSSCCC[Si](OC)(OC)OC)(OC)OC.CO[Si](CCCSSSSCCC[Si](OC)(OC)OC)(OC)OC. The first-order valence-electron chi connectivity index (χ1n) is 14.8. The molecule has 0 aliphatic rings. The summed E-state index contributed by atoms with van der Waals surface area (Å²) < 4.78 is 64.8. The van der Waals surface area contributed by atoms with Gasteiger partial charge in [-0.15, -0.1) is 0 Å². The van der Waals surface area contributed by atoms with Crippen molar-refractivity contribution in [3.8, 4) is 0 Å². The van der Waals surface area contributed by atoms with Crippen molar-refractivity contribution in [1.29, 1.82) is 0 Å². The summed E-state index contributed by atoms with van der Waals surface area (Å²) in [6, 6.07) is 3.38. The molecule has 0 aromatic heterocycles. The summed E-state index contributed by atoms with van der Waals surface area (Å²) in [6.45, 7) is 0. The lowest BCUT2D eigenvalue weighted by Gasteiger charge is -2.24. The third-order valence-corrected chi connectivity index (χ3v) is 29.2. The zero-order chi connectivity index (χ0) is 35.9. The van der Waals surface area contributed by atoms with Crippen molar-refractivity contribution in [2.24, 2.45) is 0 Å². The van der Waals surface area contributed by atoms with Crippen molar-refractivity contribution in [2.75, 3.05) is 108 Å². The molecule has 0 spiro atoms. The number of hydrogen-bond acceptors (Lipinski definition) is 19. The lowest BCUT2D eigenvalue weighted by molar-refractivity contribution is 0.123. The minimum absolute atomic E-state index is 0.846. The van der Waals surface area contributed by atoms with Gasteiger partial charge in [-0.25, -0.2) is 0 Å². The zero-order valence-electron chi connectivity index (χ0n) is 30.2. The fourth-order valence-electron chi connectivity index (χ4n) is 3.82. The van der Waals surface area contributed by atoms with Gasteiger partial charge in [-0.2, -0.15) is 0 Å². The monoisotopic (exact) mass is 876 g/mol. The van der Waals surface area contributed by atoms with Gasteiger partial charge >= 0.3 is 35.2 Å². The van der Waals surface area contributed by atoms with Gasteiger partial charge in [-0.1, -0.05) is 43.2 Å². The van der Waals surface area contributed by atoms with Crippen LogP contribution < -0.4 is 0 Å². The standard InChI is InChI=1S/C12H30O6S4Si2.C12H30O6S3Si2/c1-13-23(14-2,15-3)11-7-9-19-21-22-20-10-8-12-24(16-4,17-5)18-6;1-13-22(14-2,15-3)11-7-9-19-21-20-10-8-12-23(16-4,17-5)18-6/h7-12H2,1-6H3;7-12H2,1-6H3. The Morgan fingerprint density at radius 1 is 0.277 bits per heavy atom. The van der Waals surface area contributed by atoms with E-state index in [1.165, 1.54) is 0 Å². The third kappa shape index (κ3) is 23.3. The quantitative estimate of drug-likeness (QED) is 0.0364. The van der Waals surface area contributed by atoms with Crippen LogP contribution in [-0.4, -0.2) is 144 Å². The first-order valence-corrected chi connectivity index (χ1v) is 31.5. The normalized spacial score (nSPS) is 12.8. The predicted molar refractivity (Wildman–Crippen MR) is 217 cm³/mol. The largest absolute Gasteiger partial charge is 0.500 e. The molecule has 0 aromatic carbocycles. The maximum absolute atomic E-state index is 5.41. The molecule has 0 bridgehead atoms. The van der Waals surface area contributed by atoms with Crippen LogP contribution in [0.5, 0.6) is 0 Å². The molecule has 0 N–H and O–H groups in total. The lowest BCUT2D eigenvalue weighted by atomic mass is 10.6. The Balaban J connectivity index is 0. The minimum atomic E-state index is -2.40. The van der Waals surface area contributed by atoms with E-state index in [0.717, 1.165) is 72.9 Å². The number of rotatable bonds is 33. The van der Waals surface area contributed by atoms with Gasteiger partial charge in [0.2, 0.25) is 0 Å². The number of hydrogen-bond donors (Lipinski definition) is 0. The van der Waals surface area contributed by atoms with E-state index in [-0.39, 0.29) is 0 Å². The summed E-state index contributed by atoms with van der Waals surface area (Å²) in [7, 11) is 23.1. The summed E-state index contributed by atoms with van der Waals surface area (Å²) in [4.78, 5) is 0. The van der Waals surface area contributed by atoms with E-state index in [9.17, 15) is 0 Å². The Morgan fingerprint density at radius 2 is 0.447 bits per heavy atom. The Bertz CT molecular complexity index is 605. The van der Waals surface area contributed by atoms with Crippen LogP contribution in [0, 0.1) is 0 Å². The molecule has 47 heavy (non-hydrogen) atoms. The van der Waals surface area contributed by atoms with Crippen LogP contribution in [0.3, 0.4) is 0 Å². The molecule has 23 heteroatoms. The second-order valence-corrected chi connectivity index (χ2v) is 32.2. The van der Waals surface area contributed by atoms with Crippen LogP contribution in [-0.2, 0) is 53.1 Å². The molecular weight excluding hydrogens is 817 g/mol. The van der Waals surface area contributed by atoms with E-state index < -0.39 is 35.2 Å². The predicted octanol–water partition coefficient (Wildman–Crippen LogP) is 7.75. The molecule has 0 aromatic rings. The van der Waals surface area contributed by atoms with E-state index in [4.69, 9.17) is 53.1 Å². The average molecular weight is 878 g/mol. The Kier molecular flexibility index (Phi) is 36.9. The second-order valence-electron chi connectivity index (χ2n) is 9.09. The maximum atomic E-state index is 5.41. The minimum Gasteiger partial charge on any atom is -0.377 e. The van der Waals surface area contributed by atoms with Crippen LogP contribution in [0.4, 0.5) is 0 Å². The van der Waals surface area contributed by atoms with Gasteiger partial charge in [0.15, 0.2) is 0 Å². The van der Waals surface area contributed by atoms with Crippen LogP contribution in [0.25, 0.3) is 0 Å². The highest BCUT2D eigenvalue weighted by Crippen LogP contribution is 2.44. The van der Waals surface area contributed by atoms with Gasteiger partial charge in [-0.3, -0.25) is 0 Å². The summed E-state index contributed by atoms with van der Waals surface area (Å²) >= 11 is 0. The Labute approximate surface area is 316 Å². The highest BCUT2D eigenvalue weighted by Gasteiger charge is 2.39. The molecule has 0 atom stereocenters. The fraction of sp³-hybridized carbons (Fsp3) is 1.00. The fourth-order valence-corrected chi connectivity index (χ4v) is 21.8. The molecule has 0 unspecified atom stereocenters. The molecule has 0 saturated carbocycles. The molecule has 0 radical (unpaired) electrons. The van der Waals surface area contributed by atoms with E-state index >= 15 is 0 Å². The second kappa shape index (κ2) is 33.4. The van der Waals surface area contributed by atoms with Crippen molar-refractivity contribution in [2.45, 2.75) is 49.9 Å². The molecule has 0 saturated heterocycles. The zero-order valence-corrected chi connectivity index (χ0v) is 40.0. The van der Waals surface area contributed by atoms with Crippen molar-refractivity contribution < 1.29 is 53.1 Å². The molecule has 0 fully saturated rings. The molecule has 286 valence electrons. The molecule has 0 aliphatic carbocycles. The highest BCUT2D eigenvalue weighted by atomic mass is 33.7. The van der Waals surface area contributed by atoms with Crippen LogP contribution in [0.15, 0.2) is 0 Å². The van der Waals surface area contributed by atoms with Gasteiger partial charge < -0.3 is 53.1 Å². The average Bonchev–Trinajstić information content (AvgIpc) is 3.13. The highest BCUT2D eigenvalue weighted by molar-refractivity contribution is 9.26. The van der Waals surface area contributed by atoms with Crippen molar-refractivity contribution in [1.82, 2.24) is 0 Å². The first kappa shape index (κ1) is 51.9.